The molecule has 0 aromatic rings. The summed E-state index contributed by atoms with van der Waals surface area (Å²) in [7, 11) is 0. The van der Waals surface area contributed by atoms with Gasteiger partial charge in [-0.15, -0.1) is 5.11 Å². The van der Waals surface area contributed by atoms with Crippen molar-refractivity contribution in [2.45, 2.75) is 12.6 Å². The summed E-state index contributed by atoms with van der Waals surface area (Å²) in [5.41, 5.74) is 8.14. The lowest BCUT2D eigenvalue weighted by atomic mass is 10.3. The molecule has 3 heteroatoms. The molecule has 0 N–H and O–H groups in total. The molecule has 1 heterocycles. The van der Waals surface area contributed by atoms with Gasteiger partial charge in [-0.2, -0.15) is 0 Å². The van der Waals surface area contributed by atoms with E-state index in [9.17, 15) is 0 Å². The summed E-state index contributed by atoms with van der Waals surface area (Å²) in [6.07, 6.45) is 4.17. The normalized spacial score (nSPS) is 27.8. The van der Waals surface area contributed by atoms with Crippen LogP contribution in [-0.2, 0) is 4.74 Å². The van der Waals surface area contributed by atoms with Crippen molar-refractivity contribution in [3.63, 3.8) is 0 Å². The smallest absolute Gasteiger partial charge is 0.189 e. The molecular weight excluding hydrogens is 104 g/mol. The first-order valence-corrected chi connectivity index (χ1v) is 2.56. The quantitative estimate of drug-likeness (QED) is 0.359. The Kier molecular flexibility index (Phi) is 1.75. The number of hydrogen-bond donors (Lipinski definition) is 0. The fourth-order valence-corrected chi connectivity index (χ4v) is 0.597. The summed E-state index contributed by atoms with van der Waals surface area (Å²) < 4.78 is 4.92. The van der Waals surface area contributed by atoms with E-state index >= 15 is 0 Å². The van der Waals surface area contributed by atoms with Crippen molar-refractivity contribution in [2.24, 2.45) is 5.11 Å². The van der Waals surface area contributed by atoms with Crippen LogP contribution in [0.15, 0.2) is 17.3 Å². The minimum atomic E-state index is -0.413. The van der Waals surface area contributed by atoms with E-state index in [0.717, 1.165) is 6.42 Å². The molecule has 0 aliphatic carbocycles. The maximum Gasteiger partial charge on any atom is 0.189 e. The highest BCUT2D eigenvalue weighted by atomic mass is 16.5. The first-order valence-electron chi connectivity index (χ1n) is 2.56. The number of ether oxygens (including phenoxy) is 1. The van der Waals surface area contributed by atoms with Crippen LogP contribution in [0.25, 0.3) is 0 Å². The van der Waals surface area contributed by atoms with Gasteiger partial charge in [0.05, 0.1) is 6.61 Å². The maximum atomic E-state index is 8.14. The monoisotopic (exact) mass is 111 g/mol. The van der Waals surface area contributed by atoms with Crippen molar-refractivity contribution >= 4 is 0 Å². The molecule has 8 heavy (non-hydrogen) atoms. The highest BCUT2D eigenvalue weighted by molar-refractivity contribution is 4.90. The summed E-state index contributed by atoms with van der Waals surface area (Å²) in [5.74, 6) is 0. The van der Waals surface area contributed by atoms with Gasteiger partial charge in [0.2, 0.25) is 0 Å². The Morgan fingerprint density at radius 3 is 3.00 bits per heavy atom. The van der Waals surface area contributed by atoms with Crippen molar-refractivity contribution in [1.29, 1.82) is 0 Å². The third-order valence-electron chi connectivity index (χ3n) is 0.988. The third-order valence-corrected chi connectivity index (χ3v) is 0.988. The summed E-state index contributed by atoms with van der Waals surface area (Å²) in [6.45, 7) is 0.658. The van der Waals surface area contributed by atoms with Crippen molar-refractivity contribution in [3.05, 3.63) is 12.2 Å². The standard InChI is InChI=1S/C5H7N2O/c6-7-5-3-1-2-4-8-5/h1,3,5H,2,4H2. The third kappa shape index (κ3) is 1.13. The lowest BCUT2D eigenvalue weighted by Gasteiger charge is -2.09. The van der Waals surface area contributed by atoms with E-state index in [4.69, 9.17) is 10.3 Å². The van der Waals surface area contributed by atoms with E-state index in [2.05, 4.69) is 5.11 Å². The molecule has 1 rings (SSSR count). The van der Waals surface area contributed by atoms with Gasteiger partial charge in [-0.05, 0) is 18.0 Å². The molecule has 1 unspecified atom stereocenters. The van der Waals surface area contributed by atoms with Crippen LogP contribution in [0.2, 0.25) is 0 Å². The molecule has 3 nitrogen and oxygen atoms in total. The molecular formula is C5H7N2O. The predicted octanol–water partition coefficient (Wildman–Crippen LogP) is 0.541. The topological polar surface area (TPSA) is 43.9 Å². The lowest BCUT2D eigenvalue weighted by Crippen LogP contribution is -2.10. The van der Waals surface area contributed by atoms with Gasteiger partial charge in [-0.25, -0.2) is 0 Å². The van der Waals surface area contributed by atoms with Gasteiger partial charge in [-0.3, -0.25) is 0 Å². The highest BCUT2D eigenvalue weighted by Gasteiger charge is 2.03. The van der Waals surface area contributed by atoms with Crippen LogP contribution in [0.1, 0.15) is 6.42 Å². The van der Waals surface area contributed by atoms with Crippen molar-refractivity contribution in [1.82, 2.24) is 5.53 Å². The SMILES string of the molecule is [N]=NC1C=CCCO1. The Bertz CT molecular complexity index is 111. The van der Waals surface area contributed by atoms with Crippen LogP contribution >= 0.6 is 0 Å². The Morgan fingerprint density at radius 2 is 2.62 bits per heavy atom. The van der Waals surface area contributed by atoms with Crippen LogP contribution in [-0.4, -0.2) is 12.8 Å². The average molecular weight is 111 g/mol. The second-order valence-corrected chi connectivity index (χ2v) is 1.59. The molecule has 0 saturated heterocycles. The molecule has 0 spiro atoms. The average Bonchev–Trinajstić information content (AvgIpc) is 1.90. The summed E-state index contributed by atoms with van der Waals surface area (Å²) in [4.78, 5) is 0. The van der Waals surface area contributed by atoms with Gasteiger partial charge in [0.25, 0.3) is 0 Å². The molecule has 1 aliphatic rings. The van der Waals surface area contributed by atoms with Gasteiger partial charge < -0.3 is 4.74 Å². The second kappa shape index (κ2) is 2.57. The molecule has 1 radical (unpaired) electrons. The van der Waals surface area contributed by atoms with Crippen LogP contribution in [0.5, 0.6) is 0 Å². The Balaban J connectivity index is 2.42. The van der Waals surface area contributed by atoms with E-state index in [1.165, 1.54) is 0 Å². The van der Waals surface area contributed by atoms with Crippen molar-refractivity contribution in [3.8, 4) is 0 Å². The van der Waals surface area contributed by atoms with Crippen LogP contribution < -0.4 is 5.53 Å². The summed E-state index contributed by atoms with van der Waals surface area (Å²) >= 11 is 0. The van der Waals surface area contributed by atoms with Crippen LogP contribution in [0.3, 0.4) is 0 Å². The van der Waals surface area contributed by atoms with Gasteiger partial charge in [0.1, 0.15) is 0 Å². The van der Waals surface area contributed by atoms with Gasteiger partial charge in [0, 0.05) is 0 Å². The molecule has 1 atom stereocenters. The first-order chi connectivity index (χ1) is 3.93. The fraction of sp³-hybridized carbons (Fsp3) is 0.600. The minimum absolute atomic E-state index is 0.413. The molecule has 0 amide bonds. The van der Waals surface area contributed by atoms with Crippen LogP contribution in [0.4, 0.5) is 0 Å². The van der Waals surface area contributed by atoms with Gasteiger partial charge in [-0.1, -0.05) is 6.08 Å². The number of nitrogens with zero attached hydrogens (tertiary/aromatic N) is 2. The minimum Gasteiger partial charge on any atom is -0.351 e. The second-order valence-electron chi connectivity index (χ2n) is 1.59. The van der Waals surface area contributed by atoms with E-state index in [1.54, 1.807) is 6.08 Å². The van der Waals surface area contributed by atoms with E-state index in [0.29, 0.717) is 6.61 Å². The predicted molar refractivity (Wildman–Crippen MR) is 28.1 cm³/mol. The molecule has 0 bridgehead atoms. The lowest BCUT2D eigenvalue weighted by molar-refractivity contribution is 0.0816. The zero-order chi connectivity index (χ0) is 5.82. The molecule has 0 aromatic carbocycles. The molecule has 43 valence electrons. The molecule has 0 saturated carbocycles. The van der Waals surface area contributed by atoms with Crippen molar-refractivity contribution < 1.29 is 4.74 Å². The number of rotatable bonds is 1. The fourth-order valence-electron chi connectivity index (χ4n) is 0.597. The van der Waals surface area contributed by atoms with Gasteiger partial charge >= 0.3 is 0 Å². The Morgan fingerprint density at radius 1 is 1.75 bits per heavy atom. The highest BCUT2D eigenvalue weighted by Crippen LogP contribution is 2.03. The number of hydrogen-bond acceptors (Lipinski definition) is 2. The van der Waals surface area contributed by atoms with Crippen molar-refractivity contribution in [2.75, 3.05) is 6.61 Å². The van der Waals surface area contributed by atoms with Crippen LogP contribution in [0, 0.1) is 0 Å². The molecule has 1 aliphatic heterocycles. The molecule has 0 aromatic heterocycles. The Labute approximate surface area is 47.9 Å². The van der Waals surface area contributed by atoms with E-state index < -0.39 is 6.23 Å². The van der Waals surface area contributed by atoms with Gasteiger partial charge in [0.15, 0.2) is 6.23 Å². The van der Waals surface area contributed by atoms with E-state index in [-0.39, 0.29) is 0 Å². The maximum absolute atomic E-state index is 8.14. The zero-order valence-electron chi connectivity index (χ0n) is 4.45. The first kappa shape index (κ1) is 5.44. The largest absolute Gasteiger partial charge is 0.351 e. The van der Waals surface area contributed by atoms with E-state index in [1.807, 2.05) is 6.08 Å². The Hall–Kier alpha value is -0.700. The summed E-state index contributed by atoms with van der Waals surface area (Å²) in [6, 6.07) is 0. The zero-order valence-corrected chi connectivity index (χ0v) is 4.45. The summed E-state index contributed by atoms with van der Waals surface area (Å²) in [5, 5.41) is 2.94. The molecule has 0 fully saturated rings.